The van der Waals surface area contributed by atoms with Crippen molar-refractivity contribution in [2.45, 2.75) is 39.3 Å². The van der Waals surface area contributed by atoms with Gasteiger partial charge in [-0.2, -0.15) is 0 Å². The third kappa shape index (κ3) is 5.76. The van der Waals surface area contributed by atoms with E-state index in [0.29, 0.717) is 32.9 Å². The predicted molar refractivity (Wildman–Crippen MR) is 127 cm³/mol. The van der Waals surface area contributed by atoms with Crippen molar-refractivity contribution < 1.29 is 18.7 Å². The van der Waals surface area contributed by atoms with E-state index in [1.54, 1.807) is 71.0 Å². The molecule has 7 nitrogen and oxygen atoms in total. The molecule has 0 saturated heterocycles. The van der Waals surface area contributed by atoms with Crippen LogP contribution in [0.3, 0.4) is 0 Å². The lowest BCUT2D eigenvalue weighted by Gasteiger charge is -2.21. The van der Waals surface area contributed by atoms with E-state index >= 15 is 0 Å². The van der Waals surface area contributed by atoms with E-state index in [0.717, 1.165) is 0 Å². The highest BCUT2D eigenvalue weighted by Gasteiger charge is 2.23. The van der Waals surface area contributed by atoms with Crippen LogP contribution in [0.1, 0.15) is 38.2 Å². The average Bonchev–Trinajstić information content (AvgIpc) is 2.71. The van der Waals surface area contributed by atoms with Crippen LogP contribution in [0.2, 0.25) is 5.02 Å². The zero-order valence-electron chi connectivity index (χ0n) is 19.4. The van der Waals surface area contributed by atoms with Crippen LogP contribution in [0.15, 0.2) is 36.5 Å². The van der Waals surface area contributed by atoms with Gasteiger partial charge in [-0.05, 0) is 58.0 Å². The van der Waals surface area contributed by atoms with Crippen molar-refractivity contribution in [2.24, 2.45) is 0 Å². The van der Waals surface area contributed by atoms with Gasteiger partial charge >= 0.3 is 6.09 Å². The largest absolute Gasteiger partial charge is 0.444 e. The Bertz CT molecular complexity index is 1210. The van der Waals surface area contributed by atoms with Crippen molar-refractivity contribution in [1.29, 1.82) is 0 Å². The van der Waals surface area contributed by atoms with E-state index in [1.807, 2.05) is 0 Å². The lowest BCUT2D eigenvalue weighted by molar-refractivity contribution is 0.0496. The molecule has 0 bridgehead atoms. The Morgan fingerprint density at radius 3 is 2.45 bits per heavy atom. The second-order valence-electron chi connectivity index (χ2n) is 8.87. The summed E-state index contributed by atoms with van der Waals surface area (Å²) in [5.41, 5.74) is 1.63. The summed E-state index contributed by atoms with van der Waals surface area (Å²) in [5.74, 6) is -0.745. The number of ketones is 1. The van der Waals surface area contributed by atoms with E-state index < -0.39 is 17.7 Å². The number of alkyl carbamates (subject to hydrolysis) is 1. The summed E-state index contributed by atoms with van der Waals surface area (Å²) in [7, 11) is 3.49. The molecule has 1 unspecified atom stereocenters. The SMILES string of the molecule is CC(NC(=O)OC(C)(C)C)C(=O)c1ccc(-c2cc(Cl)c3cc(F)c(N(C)C)cc3n2)cn1. The Hall–Kier alpha value is -3.26. The van der Waals surface area contributed by atoms with Gasteiger partial charge in [-0.15, -0.1) is 0 Å². The number of benzene rings is 1. The second-order valence-corrected chi connectivity index (χ2v) is 9.28. The highest BCUT2D eigenvalue weighted by molar-refractivity contribution is 6.35. The molecule has 1 atom stereocenters. The minimum Gasteiger partial charge on any atom is -0.444 e. The summed E-state index contributed by atoms with van der Waals surface area (Å²) >= 11 is 6.39. The first kappa shape index (κ1) is 24.4. The number of carbonyl (C=O) groups is 2. The summed E-state index contributed by atoms with van der Waals surface area (Å²) in [6.07, 6.45) is 0.831. The molecule has 0 fully saturated rings. The molecular weight excluding hydrogens is 447 g/mol. The summed E-state index contributed by atoms with van der Waals surface area (Å²) in [6, 6.07) is 7.06. The number of hydrogen-bond acceptors (Lipinski definition) is 6. The van der Waals surface area contributed by atoms with Gasteiger partial charge in [-0.1, -0.05) is 11.6 Å². The van der Waals surface area contributed by atoms with Gasteiger partial charge in [0, 0.05) is 31.2 Å². The van der Waals surface area contributed by atoms with Crippen molar-refractivity contribution in [3.05, 3.63) is 53.1 Å². The third-order valence-corrected chi connectivity index (χ3v) is 5.06. The lowest BCUT2D eigenvalue weighted by atomic mass is 10.1. The second kappa shape index (κ2) is 9.31. The highest BCUT2D eigenvalue weighted by Crippen LogP contribution is 2.32. The Balaban J connectivity index is 1.84. The fourth-order valence-electron chi connectivity index (χ4n) is 3.15. The number of carbonyl (C=O) groups excluding carboxylic acids is 2. The number of rotatable bonds is 5. The van der Waals surface area contributed by atoms with Crippen molar-refractivity contribution in [2.75, 3.05) is 19.0 Å². The summed E-state index contributed by atoms with van der Waals surface area (Å²) in [4.78, 5) is 35.1. The molecule has 9 heteroatoms. The molecule has 3 rings (SSSR count). The molecular formula is C24H26ClFN4O3. The molecule has 33 heavy (non-hydrogen) atoms. The van der Waals surface area contributed by atoms with Gasteiger partial charge in [0.2, 0.25) is 5.78 Å². The lowest BCUT2D eigenvalue weighted by Crippen LogP contribution is -2.41. The van der Waals surface area contributed by atoms with Gasteiger partial charge in [0.15, 0.2) is 0 Å². The average molecular weight is 473 g/mol. The number of halogens is 2. The maximum atomic E-state index is 14.3. The number of pyridine rings is 2. The maximum Gasteiger partial charge on any atom is 0.408 e. The van der Waals surface area contributed by atoms with Gasteiger partial charge in [0.05, 0.1) is 28.0 Å². The van der Waals surface area contributed by atoms with Crippen molar-refractivity contribution in [3.63, 3.8) is 0 Å². The predicted octanol–water partition coefficient (Wildman–Crippen LogP) is 5.25. The molecule has 0 spiro atoms. The van der Waals surface area contributed by atoms with E-state index in [9.17, 15) is 14.0 Å². The van der Waals surface area contributed by atoms with Crippen LogP contribution < -0.4 is 10.2 Å². The number of fused-ring (bicyclic) bond motifs is 1. The molecule has 0 aliphatic heterocycles. The van der Waals surface area contributed by atoms with Gasteiger partial charge < -0.3 is 15.0 Å². The van der Waals surface area contributed by atoms with E-state index in [4.69, 9.17) is 16.3 Å². The molecule has 174 valence electrons. The van der Waals surface area contributed by atoms with Crippen LogP contribution in [-0.4, -0.2) is 47.6 Å². The first-order valence-electron chi connectivity index (χ1n) is 10.3. The number of anilines is 1. The van der Waals surface area contributed by atoms with E-state index in [-0.39, 0.29) is 17.3 Å². The monoisotopic (exact) mass is 472 g/mol. The topological polar surface area (TPSA) is 84.4 Å². The summed E-state index contributed by atoms with van der Waals surface area (Å²) in [5, 5.41) is 3.37. The molecule has 0 aliphatic rings. The molecule has 3 aromatic rings. The van der Waals surface area contributed by atoms with Gasteiger partial charge in [0.1, 0.15) is 17.1 Å². The normalized spacial score (nSPS) is 12.4. The number of hydrogen-bond donors (Lipinski definition) is 1. The fraction of sp³-hybridized carbons (Fsp3) is 0.333. The zero-order valence-corrected chi connectivity index (χ0v) is 20.1. The van der Waals surface area contributed by atoms with Crippen LogP contribution in [0.25, 0.3) is 22.2 Å². The van der Waals surface area contributed by atoms with E-state index in [2.05, 4.69) is 15.3 Å². The van der Waals surface area contributed by atoms with Crippen molar-refractivity contribution in [1.82, 2.24) is 15.3 Å². The minimum atomic E-state index is -0.814. The third-order valence-electron chi connectivity index (χ3n) is 4.75. The van der Waals surface area contributed by atoms with E-state index in [1.165, 1.54) is 12.3 Å². The zero-order chi connectivity index (χ0) is 24.5. The van der Waals surface area contributed by atoms with Gasteiger partial charge in [-0.25, -0.2) is 14.2 Å². The Kier molecular flexibility index (Phi) is 6.88. The molecule has 2 heterocycles. The standard InChI is InChI=1S/C24H26ClFN4O3/c1-13(28-23(32)33-24(2,3)4)22(31)18-8-7-14(12-27-18)19-10-16(25)15-9-17(26)21(30(5)6)11-20(15)29-19/h7-13H,1-6H3,(H,28,32). The van der Waals surface area contributed by atoms with Crippen LogP contribution in [0.4, 0.5) is 14.9 Å². The molecule has 0 radical (unpaired) electrons. The summed E-state index contributed by atoms with van der Waals surface area (Å²) in [6.45, 7) is 6.78. The van der Waals surface area contributed by atoms with Crippen molar-refractivity contribution >= 4 is 40.1 Å². The molecule has 1 N–H and O–H groups in total. The first-order valence-corrected chi connectivity index (χ1v) is 10.7. The number of aromatic nitrogens is 2. The fourth-order valence-corrected chi connectivity index (χ4v) is 3.40. The van der Waals surface area contributed by atoms with Gasteiger partial charge in [-0.3, -0.25) is 9.78 Å². The summed E-state index contributed by atoms with van der Waals surface area (Å²) < 4.78 is 19.5. The first-order chi connectivity index (χ1) is 15.4. The molecule has 1 aromatic carbocycles. The maximum absolute atomic E-state index is 14.3. The van der Waals surface area contributed by atoms with Gasteiger partial charge in [0.25, 0.3) is 0 Å². The Morgan fingerprint density at radius 2 is 1.88 bits per heavy atom. The smallest absolute Gasteiger partial charge is 0.408 e. The Labute approximate surface area is 196 Å². The number of ether oxygens (including phenoxy) is 1. The Morgan fingerprint density at radius 1 is 1.18 bits per heavy atom. The van der Waals surface area contributed by atoms with Crippen LogP contribution in [0.5, 0.6) is 0 Å². The molecule has 1 amide bonds. The van der Waals surface area contributed by atoms with Crippen LogP contribution in [0, 0.1) is 5.82 Å². The number of Topliss-reactive ketones (excluding diaryl/α,β-unsaturated/α-hetero) is 1. The minimum absolute atomic E-state index is 0.186. The number of nitrogens with zero attached hydrogens (tertiary/aromatic N) is 3. The van der Waals surface area contributed by atoms with Crippen LogP contribution >= 0.6 is 11.6 Å². The quantitative estimate of drug-likeness (QED) is 0.510. The number of nitrogens with one attached hydrogen (secondary N) is 1. The molecule has 0 saturated carbocycles. The highest BCUT2D eigenvalue weighted by atomic mass is 35.5. The van der Waals surface area contributed by atoms with Crippen LogP contribution in [-0.2, 0) is 4.74 Å². The molecule has 2 aromatic heterocycles. The molecule has 0 aliphatic carbocycles. The van der Waals surface area contributed by atoms with Crippen molar-refractivity contribution in [3.8, 4) is 11.3 Å². The number of amides is 1.